The molecule has 2 N–H and O–H groups in total. The summed E-state index contributed by atoms with van der Waals surface area (Å²) in [7, 11) is 0. The number of rotatable bonds is 6. The van der Waals surface area contributed by atoms with Gasteiger partial charge in [0.25, 0.3) is 0 Å². The van der Waals surface area contributed by atoms with Gasteiger partial charge in [-0.3, -0.25) is 4.79 Å². The van der Waals surface area contributed by atoms with E-state index in [0.29, 0.717) is 13.2 Å². The van der Waals surface area contributed by atoms with Gasteiger partial charge in [-0.1, -0.05) is 13.3 Å². The first-order valence-electron chi connectivity index (χ1n) is 6.68. The molecule has 0 saturated carbocycles. The van der Waals surface area contributed by atoms with E-state index in [0.717, 1.165) is 12.8 Å². The zero-order valence-electron chi connectivity index (χ0n) is 11.6. The van der Waals surface area contributed by atoms with Crippen LogP contribution in [0.1, 0.15) is 40.0 Å². The molecule has 1 aliphatic rings. The van der Waals surface area contributed by atoms with Gasteiger partial charge >= 0.3 is 0 Å². The van der Waals surface area contributed by atoms with E-state index in [1.165, 1.54) is 0 Å². The summed E-state index contributed by atoms with van der Waals surface area (Å²) in [4.78, 5) is 11.7. The van der Waals surface area contributed by atoms with Gasteiger partial charge in [-0.25, -0.2) is 0 Å². The SMILES string of the molecule is CCCCNC(=O)C[C@H]1OC(C)(C)OCC1CO. The van der Waals surface area contributed by atoms with Gasteiger partial charge in [0.05, 0.1) is 25.7 Å². The van der Waals surface area contributed by atoms with Crippen molar-refractivity contribution in [3.05, 3.63) is 0 Å². The number of carbonyl (C=O) groups excluding carboxylic acids is 1. The maximum Gasteiger partial charge on any atom is 0.222 e. The van der Waals surface area contributed by atoms with E-state index in [9.17, 15) is 9.90 Å². The highest BCUT2D eigenvalue weighted by Gasteiger charge is 2.37. The van der Waals surface area contributed by atoms with Crippen LogP contribution in [0, 0.1) is 5.92 Å². The number of aliphatic hydroxyl groups is 1. The Morgan fingerprint density at radius 2 is 2.22 bits per heavy atom. The zero-order valence-corrected chi connectivity index (χ0v) is 11.6. The van der Waals surface area contributed by atoms with Gasteiger partial charge in [-0.15, -0.1) is 0 Å². The average molecular weight is 259 g/mol. The van der Waals surface area contributed by atoms with Crippen LogP contribution >= 0.6 is 0 Å². The summed E-state index contributed by atoms with van der Waals surface area (Å²) >= 11 is 0. The van der Waals surface area contributed by atoms with E-state index in [1.54, 1.807) is 0 Å². The Morgan fingerprint density at radius 1 is 1.50 bits per heavy atom. The van der Waals surface area contributed by atoms with Crippen LogP contribution < -0.4 is 5.32 Å². The number of nitrogens with one attached hydrogen (secondary N) is 1. The number of aliphatic hydroxyl groups excluding tert-OH is 1. The number of ether oxygens (including phenoxy) is 2. The predicted molar refractivity (Wildman–Crippen MR) is 68.0 cm³/mol. The molecule has 1 amide bonds. The minimum Gasteiger partial charge on any atom is -0.396 e. The Kier molecular flexibility index (Phi) is 6.05. The van der Waals surface area contributed by atoms with Gasteiger partial charge in [0.15, 0.2) is 5.79 Å². The van der Waals surface area contributed by atoms with Gasteiger partial charge in [-0.2, -0.15) is 0 Å². The number of amides is 1. The summed E-state index contributed by atoms with van der Waals surface area (Å²) in [5.74, 6) is -0.834. The number of hydrogen-bond donors (Lipinski definition) is 2. The Bertz CT molecular complexity index is 268. The van der Waals surface area contributed by atoms with Crippen LogP contribution in [0.2, 0.25) is 0 Å². The number of unbranched alkanes of at least 4 members (excludes halogenated alkanes) is 1. The lowest BCUT2D eigenvalue weighted by atomic mass is 9.99. The van der Waals surface area contributed by atoms with Crippen molar-refractivity contribution in [1.82, 2.24) is 5.32 Å². The van der Waals surface area contributed by atoms with Crippen molar-refractivity contribution in [3.8, 4) is 0 Å². The second kappa shape index (κ2) is 7.07. The predicted octanol–water partition coefficient (Wildman–Crippen LogP) is 1.05. The topological polar surface area (TPSA) is 67.8 Å². The van der Waals surface area contributed by atoms with E-state index < -0.39 is 5.79 Å². The van der Waals surface area contributed by atoms with Crippen molar-refractivity contribution in [2.24, 2.45) is 5.92 Å². The third-order valence-corrected chi connectivity index (χ3v) is 3.08. The van der Waals surface area contributed by atoms with E-state index in [-0.39, 0.29) is 31.0 Å². The fraction of sp³-hybridized carbons (Fsp3) is 0.923. The molecule has 0 aromatic carbocycles. The molecule has 1 aliphatic heterocycles. The van der Waals surface area contributed by atoms with Crippen molar-refractivity contribution < 1.29 is 19.4 Å². The van der Waals surface area contributed by atoms with E-state index in [2.05, 4.69) is 12.2 Å². The Labute approximate surface area is 109 Å². The van der Waals surface area contributed by atoms with Gasteiger partial charge < -0.3 is 19.9 Å². The Hall–Kier alpha value is -0.650. The molecular weight excluding hydrogens is 234 g/mol. The van der Waals surface area contributed by atoms with E-state index >= 15 is 0 Å². The summed E-state index contributed by atoms with van der Waals surface area (Å²) in [6, 6.07) is 0. The molecule has 2 atom stereocenters. The maximum atomic E-state index is 11.7. The third-order valence-electron chi connectivity index (χ3n) is 3.08. The second-order valence-corrected chi connectivity index (χ2v) is 5.22. The molecule has 1 heterocycles. The molecule has 106 valence electrons. The van der Waals surface area contributed by atoms with Gasteiger partial charge in [0, 0.05) is 12.5 Å². The molecule has 0 bridgehead atoms. The fourth-order valence-corrected chi connectivity index (χ4v) is 1.95. The average Bonchev–Trinajstić information content (AvgIpc) is 2.28. The van der Waals surface area contributed by atoms with Crippen LogP contribution in [0.5, 0.6) is 0 Å². The minimum absolute atomic E-state index is 0.0235. The summed E-state index contributed by atoms with van der Waals surface area (Å²) in [6.07, 6.45) is 2.04. The first-order chi connectivity index (χ1) is 8.48. The second-order valence-electron chi connectivity index (χ2n) is 5.22. The minimum atomic E-state index is -0.681. The van der Waals surface area contributed by atoms with Crippen molar-refractivity contribution >= 4 is 5.91 Å². The van der Waals surface area contributed by atoms with Crippen LogP contribution in [0.3, 0.4) is 0 Å². The lowest BCUT2D eigenvalue weighted by Crippen LogP contribution is -2.48. The highest BCUT2D eigenvalue weighted by Crippen LogP contribution is 2.27. The molecule has 18 heavy (non-hydrogen) atoms. The number of carbonyl (C=O) groups is 1. The first-order valence-corrected chi connectivity index (χ1v) is 6.68. The lowest BCUT2D eigenvalue weighted by molar-refractivity contribution is -0.295. The molecule has 1 rings (SSSR count). The number of hydrogen-bond acceptors (Lipinski definition) is 4. The van der Waals surface area contributed by atoms with Crippen LogP contribution in [0.25, 0.3) is 0 Å². The fourth-order valence-electron chi connectivity index (χ4n) is 1.95. The molecule has 5 heteroatoms. The summed E-state index contributed by atoms with van der Waals surface area (Å²) in [5, 5.41) is 12.1. The standard InChI is InChI=1S/C13H25NO4/c1-4-5-6-14-12(16)7-11-10(8-15)9-17-13(2,3)18-11/h10-11,15H,4-9H2,1-3H3,(H,14,16)/t10?,11-/m1/s1. The highest BCUT2D eigenvalue weighted by molar-refractivity contribution is 5.76. The van der Waals surface area contributed by atoms with Gasteiger partial charge in [0.1, 0.15) is 0 Å². The third kappa shape index (κ3) is 4.92. The van der Waals surface area contributed by atoms with Crippen molar-refractivity contribution in [1.29, 1.82) is 0 Å². The molecule has 5 nitrogen and oxygen atoms in total. The zero-order chi connectivity index (χ0) is 13.6. The summed E-state index contributed by atoms with van der Waals surface area (Å²) in [5.41, 5.74) is 0. The van der Waals surface area contributed by atoms with Crippen LogP contribution in [-0.4, -0.2) is 42.7 Å². The van der Waals surface area contributed by atoms with Crippen LogP contribution in [0.15, 0.2) is 0 Å². The Morgan fingerprint density at radius 3 is 2.83 bits per heavy atom. The highest BCUT2D eigenvalue weighted by atomic mass is 16.7. The van der Waals surface area contributed by atoms with Crippen LogP contribution in [0.4, 0.5) is 0 Å². The molecule has 0 aliphatic carbocycles. The Balaban J connectivity index is 2.43. The molecule has 0 spiro atoms. The monoisotopic (exact) mass is 259 g/mol. The van der Waals surface area contributed by atoms with Crippen molar-refractivity contribution in [2.75, 3.05) is 19.8 Å². The molecule has 1 unspecified atom stereocenters. The van der Waals surface area contributed by atoms with Crippen molar-refractivity contribution in [2.45, 2.75) is 51.9 Å². The molecule has 1 fully saturated rings. The molecular formula is C13H25NO4. The van der Waals surface area contributed by atoms with Gasteiger partial charge in [-0.05, 0) is 20.3 Å². The van der Waals surface area contributed by atoms with Crippen LogP contribution in [-0.2, 0) is 14.3 Å². The maximum absolute atomic E-state index is 11.7. The summed E-state index contributed by atoms with van der Waals surface area (Å²) in [6.45, 7) is 6.83. The lowest BCUT2D eigenvalue weighted by Gasteiger charge is -2.40. The summed E-state index contributed by atoms with van der Waals surface area (Å²) < 4.78 is 11.2. The molecule has 0 aromatic heterocycles. The smallest absolute Gasteiger partial charge is 0.222 e. The molecule has 0 aromatic rings. The largest absolute Gasteiger partial charge is 0.396 e. The van der Waals surface area contributed by atoms with E-state index in [4.69, 9.17) is 9.47 Å². The first kappa shape index (κ1) is 15.4. The van der Waals surface area contributed by atoms with Gasteiger partial charge in [0.2, 0.25) is 5.91 Å². The molecule has 0 radical (unpaired) electrons. The molecule has 1 saturated heterocycles. The van der Waals surface area contributed by atoms with E-state index in [1.807, 2.05) is 13.8 Å². The normalized spacial score (nSPS) is 26.9. The van der Waals surface area contributed by atoms with Crippen molar-refractivity contribution in [3.63, 3.8) is 0 Å². The quantitative estimate of drug-likeness (QED) is 0.700.